The second-order valence-electron chi connectivity index (χ2n) is 0.481. The van der Waals surface area contributed by atoms with Crippen LogP contribution in [0.4, 0.5) is 0 Å². The first-order valence-corrected chi connectivity index (χ1v) is 7.07. The van der Waals surface area contributed by atoms with Crippen LogP contribution in [0, 0.1) is 0 Å². The molecule has 16 heteroatoms. The zero-order valence-corrected chi connectivity index (χ0v) is 15.4. The van der Waals surface area contributed by atoms with E-state index in [1.165, 1.54) is 0 Å². The van der Waals surface area contributed by atoms with Crippen molar-refractivity contribution in [2.45, 2.75) is 0 Å². The number of rotatable bonds is 0. The first kappa shape index (κ1) is 36.0. The Morgan fingerprint density at radius 3 is 0.438 bits per heavy atom. The number of hydrogen-bond donors (Lipinski definition) is 0. The van der Waals surface area contributed by atoms with Crippen LogP contribution in [-0.4, -0.2) is 77.4 Å². The van der Waals surface area contributed by atoms with Crippen molar-refractivity contribution in [1.82, 2.24) is 0 Å². The summed E-state index contributed by atoms with van der Waals surface area (Å²) in [5.41, 5.74) is 0. The summed E-state index contributed by atoms with van der Waals surface area (Å²) in [7, 11) is 0. The summed E-state index contributed by atoms with van der Waals surface area (Å²) in [6, 6.07) is 0. The fraction of sp³-hybridized carbons (Fsp3) is 0. The predicted octanol–water partition coefficient (Wildman–Crippen LogP) is -8.45. The van der Waals surface area contributed by atoms with E-state index >= 15 is 0 Å². The minimum atomic E-state index is -1.75. The first-order chi connectivity index (χ1) is 7.07. The van der Waals surface area contributed by atoms with Crippen molar-refractivity contribution in [3.63, 3.8) is 0 Å². The molecule has 0 aliphatic heterocycles. The van der Waals surface area contributed by atoms with Gasteiger partial charge in [-0.25, -0.2) is 0 Å². The minimum absolute atomic E-state index is 0. The van der Waals surface area contributed by atoms with Crippen molar-refractivity contribution in [1.29, 1.82) is 0 Å². The van der Waals surface area contributed by atoms with Gasteiger partial charge in [0.2, 0.25) is 0 Å². The molecule has 10 nitrogen and oxygen atoms in total. The Bertz CT molecular complexity index is 91.5. The van der Waals surface area contributed by atoms with E-state index in [4.69, 9.17) is 39.8 Å². The van der Waals surface area contributed by atoms with Gasteiger partial charge in [-0.05, 0) is 0 Å². The molecule has 0 N–H and O–H groups in total. The first-order valence-electron chi connectivity index (χ1n) is 2.36. The van der Waals surface area contributed by atoms with Crippen LogP contribution in [0.5, 0.6) is 0 Å². The standard InChI is InChI=1S/5Al.Nb.10O/q;;;;;+5;;;;;;5*-1. The van der Waals surface area contributed by atoms with Crippen LogP contribution >= 0.6 is 0 Å². The molecule has 0 atom stereocenters. The molecule has 0 aliphatic carbocycles. The topological polar surface area (TPSA) is 201 Å². The molecular weight excluding hydrogens is 388 g/mol. The number of hydrogen-bond acceptors (Lipinski definition) is 10. The Balaban J connectivity index is -0.0000000192. The van der Waals surface area contributed by atoms with Crippen LogP contribution in [0.1, 0.15) is 0 Å². The molecule has 0 heterocycles. The van der Waals surface area contributed by atoms with Crippen LogP contribution < -0.4 is 20.8 Å². The Morgan fingerprint density at radius 2 is 0.438 bits per heavy atom. The van der Waals surface area contributed by atoms with Gasteiger partial charge >= 0.3 is 140 Å². The van der Waals surface area contributed by atoms with Crippen molar-refractivity contribution in [3.8, 4) is 0 Å². The van der Waals surface area contributed by atoms with Gasteiger partial charge in [-0.15, -0.1) is 0 Å². The van der Waals surface area contributed by atoms with Gasteiger partial charge in [-0.1, -0.05) is 0 Å². The fourth-order valence-electron chi connectivity index (χ4n) is 0. The normalized spacial score (nSPS) is 2.50. The third kappa shape index (κ3) is 1620. The Morgan fingerprint density at radius 1 is 0.438 bits per heavy atom. The van der Waals surface area contributed by atoms with Crippen LogP contribution in [-0.2, 0) is 41.4 Å². The van der Waals surface area contributed by atoms with E-state index < -0.39 is 77.4 Å². The molecular formula is Al5NbO10. The zero-order chi connectivity index (χ0) is 13.5. The van der Waals surface area contributed by atoms with Crippen molar-refractivity contribution in [2.75, 3.05) is 0 Å². The molecule has 0 aliphatic rings. The maximum absolute atomic E-state index is 8.46. The Hall–Kier alpha value is 1.40. The Labute approximate surface area is 138 Å². The summed E-state index contributed by atoms with van der Waals surface area (Å²) in [6.45, 7) is 0. The maximum atomic E-state index is 8.46. The summed E-state index contributed by atoms with van der Waals surface area (Å²) in [5.74, 6) is 0. The van der Waals surface area contributed by atoms with Gasteiger partial charge in [0.15, 0.2) is 0 Å². The van der Waals surface area contributed by atoms with Gasteiger partial charge < -0.3 is 0 Å². The van der Waals surface area contributed by atoms with Crippen LogP contribution in [0.25, 0.3) is 0 Å². The molecule has 0 rings (SSSR count). The molecule has 0 fully saturated rings. The summed E-state index contributed by atoms with van der Waals surface area (Å²) >= 11 is -8.75. The molecule has 0 amide bonds. The molecule has 0 aromatic heterocycles. The van der Waals surface area contributed by atoms with Crippen LogP contribution in [0.3, 0.4) is 0 Å². The zero-order valence-electron chi connectivity index (χ0n) is 7.42. The summed E-state index contributed by atoms with van der Waals surface area (Å²) < 4.78 is 84.6. The van der Waals surface area contributed by atoms with E-state index in [1.807, 2.05) is 0 Å². The molecule has 0 aromatic rings. The van der Waals surface area contributed by atoms with Crippen LogP contribution in [0.15, 0.2) is 0 Å². The van der Waals surface area contributed by atoms with Gasteiger partial charge in [0.05, 0.1) is 0 Å². The van der Waals surface area contributed by atoms with E-state index in [9.17, 15) is 0 Å². The van der Waals surface area contributed by atoms with Crippen LogP contribution in [0.2, 0.25) is 0 Å². The molecule has 16 heavy (non-hydrogen) atoms. The molecule has 80 valence electrons. The Kier molecular flexibility index (Phi) is 214. The second kappa shape index (κ2) is 94.9. The van der Waals surface area contributed by atoms with Gasteiger partial charge in [-0.2, -0.15) is 0 Å². The molecule has 0 radical (unpaired) electrons. The van der Waals surface area contributed by atoms with E-state index in [1.54, 1.807) is 0 Å². The quantitative estimate of drug-likeness (QED) is 0.359. The van der Waals surface area contributed by atoms with Crippen molar-refractivity contribution < 1.29 is 62.2 Å². The third-order valence-electron chi connectivity index (χ3n) is 0. The van der Waals surface area contributed by atoms with Gasteiger partial charge in [0.1, 0.15) is 0 Å². The average molecular weight is 388 g/mol. The fourth-order valence-corrected chi connectivity index (χ4v) is 0. The third-order valence-corrected chi connectivity index (χ3v) is 0. The monoisotopic (exact) mass is 388 g/mol. The van der Waals surface area contributed by atoms with E-state index in [0.29, 0.717) is 0 Å². The molecule has 0 spiro atoms. The predicted molar refractivity (Wildman–Crippen MR) is 32.2 cm³/mol. The van der Waals surface area contributed by atoms with Crippen molar-refractivity contribution in [3.05, 3.63) is 0 Å². The van der Waals surface area contributed by atoms with Crippen molar-refractivity contribution >= 4 is 77.4 Å². The van der Waals surface area contributed by atoms with Crippen molar-refractivity contribution in [2.24, 2.45) is 0 Å². The van der Waals surface area contributed by atoms with E-state index in [-0.39, 0.29) is 22.4 Å². The molecule has 0 aromatic carbocycles. The van der Waals surface area contributed by atoms with E-state index in [0.717, 1.165) is 0 Å². The SMILES string of the molecule is [Nb+5].[O]=[Al][O-].[O]=[Al][O-].[O]=[Al][O-].[O]=[Al][O-].[O]=[Al][O-]. The average Bonchev–Trinajstić information content (AvgIpc) is 2.09. The summed E-state index contributed by atoms with van der Waals surface area (Å²) in [6.07, 6.45) is 0. The molecule has 0 saturated carbocycles. The van der Waals surface area contributed by atoms with Gasteiger partial charge in [0.25, 0.3) is 0 Å². The molecule has 0 bridgehead atoms. The summed E-state index contributed by atoms with van der Waals surface area (Å²) in [4.78, 5) is 0. The second-order valence-corrected chi connectivity index (χ2v) is 1.44. The summed E-state index contributed by atoms with van der Waals surface area (Å²) in [5, 5.41) is 0. The van der Waals surface area contributed by atoms with Gasteiger partial charge in [-0.3, -0.25) is 0 Å². The molecule has 0 unspecified atom stereocenters. The van der Waals surface area contributed by atoms with Gasteiger partial charge in [0, 0.05) is 0 Å². The van der Waals surface area contributed by atoms with E-state index in [2.05, 4.69) is 0 Å². The molecule has 0 saturated heterocycles.